The molecule has 14 heteroatoms. The number of hydrogen-bond donors (Lipinski definition) is 0. The molecule has 5 nitrogen and oxygen atoms in total. The molecule has 0 bridgehead atoms. The van der Waals surface area contributed by atoms with Crippen LogP contribution in [0.15, 0.2) is 0 Å². The molecular formula is C20H54N5S2Si6U-5. The van der Waals surface area contributed by atoms with Crippen molar-refractivity contribution in [3.05, 3.63) is 24.8 Å². The van der Waals surface area contributed by atoms with Gasteiger partial charge in [0.2, 0.25) is 0 Å². The average molecular weight is 835 g/mol. The molecule has 0 aromatic rings. The first-order chi connectivity index (χ1) is 13.9. The minimum atomic E-state index is -1.11. The van der Waals surface area contributed by atoms with E-state index in [0.717, 1.165) is 0 Å². The van der Waals surface area contributed by atoms with Crippen LogP contribution >= 0.6 is 24.4 Å². The van der Waals surface area contributed by atoms with Crippen molar-refractivity contribution in [2.24, 2.45) is 0 Å². The van der Waals surface area contributed by atoms with Crippen molar-refractivity contribution in [3.8, 4) is 0 Å². The topological polar surface area (TPSA) is 86.9 Å². The summed E-state index contributed by atoms with van der Waals surface area (Å²) >= 11 is 7.40. The number of thiocarbonyl (C=S) groups is 2. The van der Waals surface area contributed by atoms with E-state index < -0.39 is 49.4 Å². The molecule has 0 N–H and O–H groups in total. The van der Waals surface area contributed by atoms with Gasteiger partial charge in [0.15, 0.2) is 0 Å². The predicted octanol–water partition coefficient (Wildman–Crippen LogP) is 10.4. The van der Waals surface area contributed by atoms with Gasteiger partial charge in [0.05, 0.1) is 0 Å². The molecule has 0 spiro atoms. The van der Waals surface area contributed by atoms with Crippen LogP contribution < -0.4 is 0 Å². The number of hydrogen-bond acceptors (Lipinski definition) is 2. The van der Waals surface area contributed by atoms with E-state index in [-0.39, 0.29) is 31.1 Å². The van der Waals surface area contributed by atoms with Gasteiger partial charge in [-0.1, -0.05) is 192 Å². The molecule has 0 aliphatic rings. The first-order valence-corrected chi connectivity index (χ1v) is 32.7. The maximum absolute atomic E-state index is 7.13. The molecule has 0 saturated carbocycles. The summed E-state index contributed by atoms with van der Waals surface area (Å²) in [5.74, 6) is 0. The smallest absolute Gasteiger partial charge is 0 e. The average Bonchev–Trinajstić information content (AvgIpc) is 2.26. The number of isothiocyanates is 2. The van der Waals surface area contributed by atoms with Crippen molar-refractivity contribution in [3.63, 3.8) is 0 Å². The number of rotatable bonds is 6. The zero-order valence-electron chi connectivity index (χ0n) is 25.6. The van der Waals surface area contributed by atoms with Crippen molar-refractivity contribution >= 4 is 84.2 Å². The van der Waals surface area contributed by atoms with E-state index in [0.29, 0.717) is 0 Å². The van der Waals surface area contributed by atoms with Gasteiger partial charge in [0.1, 0.15) is 0 Å². The van der Waals surface area contributed by atoms with Gasteiger partial charge in [-0.2, -0.15) is 10.3 Å². The summed E-state index contributed by atoms with van der Waals surface area (Å²) in [4.78, 5) is 0. The zero-order valence-corrected chi connectivity index (χ0v) is 37.3. The molecule has 0 radical (unpaired) electrons. The Morgan fingerprint density at radius 1 is 0.382 bits per heavy atom. The standard InChI is InChI=1S/3C6H18NSi2.2CNS.U/c3*1-8(2,3)7-9(4,5)6;2*2-1-3;/h3*1-6H3;;;/q5*-1;. The Bertz CT molecular complexity index is 449. The maximum Gasteiger partial charge on any atom is 0 e. The van der Waals surface area contributed by atoms with Crippen LogP contribution in [0.5, 0.6) is 0 Å². The van der Waals surface area contributed by atoms with Crippen LogP contribution in [0.2, 0.25) is 118 Å². The largest absolute Gasteiger partial charge is 0.753 e. The van der Waals surface area contributed by atoms with Gasteiger partial charge in [0.25, 0.3) is 0 Å². The minimum Gasteiger partial charge on any atom is -0.753 e. The molecule has 0 atom stereocenters. The number of nitrogens with zero attached hydrogens (tertiary/aromatic N) is 5. The molecule has 0 aliphatic heterocycles. The van der Waals surface area contributed by atoms with Gasteiger partial charge < -0.3 is 24.8 Å². The molecule has 0 saturated heterocycles. The second-order valence-corrected chi connectivity index (χ2v) is 42.6. The normalized spacial score (nSPS) is 11.6. The van der Waals surface area contributed by atoms with Crippen molar-refractivity contribution in [2.45, 2.75) is 118 Å². The molecule has 204 valence electrons. The van der Waals surface area contributed by atoms with Crippen LogP contribution in [0, 0.1) is 31.1 Å². The van der Waals surface area contributed by atoms with E-state index >= 15 is 0 Å². The van der Waals surface area contributed by atoms with Crippen molar-refractivity contribution in [1.82, 2.24) is 0 Å². The Hall–Kier alpha value is 1.83. The summed E-state index contributed by atoms with van der Waals surface area (Å²) in [7, 11) is -6.64. The molecule has 0 aliphatic carbocycles. The summed E-state index contributed by atoms with van der Waals surface area (Å²) in [5, 5.41) is 16.9. The monoisotopic (exact) mass is 834 g/mol. The molecular weight excluding hydrogens is 781 g/mol. The fraction of sp³-hybridized carbons (Fsp3) is 0.900. The van der Waals surface area contributed by atoms with Crippen molar-refractivity contribution in [2.75, 3.05) is 0 Å². The third-order valence-electron chi connectivity index (χ3n) is 2.01. The predicted molar refractivity (Wildman–Crippen MR) is 182 cm³/mol. The van der Waals surface area contributed by atoms with Gasteiger partial charge in [-0.3, -0.25) is 0 Å². The third-order valence-corrected chi connectivity index (χ3v) is 18.1. The molecule has 34 heavy (non-hydrogen) atoms. The van der Waals surface area contributed by atoms with Crippen LogP contribution in [0.3, 0.4) is 0 Å². The van der Waals surface area contributed by atoms with Gasteiger partial charge in [-0.25, -0.2) is 0 Å². The van der Waals surface area contributed by atoms with Gasteiger partial charge in [0, 0.05) is 31.1 Å². The van der Waals surface area contributed by atoms with Crippen LogP contribution in [-0.2, 0) is 0 Å². The minimum absolute atomic E-state index is 0. The third kappa shape index (κ3) is 92.7. The van der Waals surface area contributed by atoms with E-state index in [4.69, 9.17) is 24.8 Å². The second-order valence-electron chi connectivity index (χ2n) is 13.5. The van der Waals surface area contributed by atoms with E-state index in [1.54, 1.807) is 0 Å². The Morgan fingerprint density at radius 2 is 0.441 bits per heavy atom. The van der Waals surface area contributed by atoms with Gasteiger partial charge in [-0.15, -0.1) is 0 Å². The fourth-order valence-corrected chi connectivity index (χ4v) is 27.2. The SMILES string of the molecule is C[Si](C)(C)[N-][Si](C)(C)C.C[Si](C)(C)[N-][Si](C)(C)C.C[Si](C)(C)[N-][Si](C)(C)C.[N-]=C=S.[N-]=C=S.[U]. The Labute approximate surface area is 255 Å². The van der Waals surface area contributed by atoms with Crippen LogP contribution in [0.25, 0.3) is 24.8 Å². The molecule has 0 aromatic carbocycles. The van der Waals surface area contributed by atoms with Gasteiger partial charge in [-0.05, 0) is 0 Å². The quantitative estimate of drug-likeness (QED) is 0.152. The molecule has 0 amide bonds. The van der Waals surface area contributed by atoms with Crippen molar-refractivity contribution in [1.29, 1.82) is 0 Å². The fourth-order valence-electron chi connectivity index (χ4n) is 3.02. The van der Waals surface area contributed by atoms with Crippen LogP contribution in [0.1, 0.15) is 0 Å². The van der Waals surface area contributed by atoms with Crippen LogP contribution in [0.4, 0.5) is 0 Å². The van der Waals surface area contributed by atoms with E-state index in [1.165, 1.54) is 10.3 Å². The van der Waals surface area contributed by atoms with E-state index in [9.17, 15) is 0 Å². The molecule has 0 heterocycles. The zero-order chi connectivity index (χ0) is 28.5. The summed E-state index contributed by atoms with van der Waals surface area (Å²) in [6.45, 7) is 41.3. The molecule has 0 unspecified atom stereocenters. The summed E-state index contributed by atoms with van der Waals surface area (Å²) in [6, 6.07) is 0. The molecule has 0 rings (SSSR count). The second kappa shape index (κ2) is 21.7. The first-order valence-electron chi connectivity index (χ1n) is 11.2. The van der Waals surface area contributed by atoms with Gasteiger partial charge >= 0.3 is 0 Å². The van der Waals surface area contributed by atoms with Crippen molar-refractivity contribution < 1.29 is 31.1 Å². The summed E-state index contributed by atoms with van der Waals surface area (Å²) in [6.07, 6.45) is 0. The Balaban J connectivity index is -0.0000000762. The van der Waals surface area contributed by atoms with E-state index in [2.05, 4.69) is 142 Å². The first kappa shape index (κ1) is 48.9. The summed E-state index contributed by atoms with van der Waals surface area (Å²) in [5.41, 5.74) is 0. The Kier molecular flexibility index (Phi) is 31.2. The Morgan fingerprint density at radius 3 is 0.441 bits per heavy atom. The maximum atomic E-state index is 7.13. The van der Waals surface area contributed by atoms with Crippen LogP contribution in [-0.4, -0.2) is 59.7 Å². The molecule has 0 aromatic heterocycles. The molecule has 0 fully saturated rings. The summed E-state index contributed by atoms with van der Waals surface area (Å²) < 4.78 is 14.5. The van der Waals surface area contributed by atoms with E-state index in [1.807, 2.05) is 0 Å².